The lowest BCUT2D eigenvalue weighted by Gasteiger charge is -2.50. The fourth-order valence-electron chi connectivity index (χ4n) is 3.75. The first-order valence-corrected chi connectivity index (χ1v) is 7.80. The first-order valence-electron chi connectivity index (χ1n) is 7.80. The van der Waals surface area contributed by atoms with Crippen molar-refractivity contribution in [2.24, 2.45) is 10.9 Å². The van der Waals surface area contributed by atoms with Crippen molar-refractivity contribution in [2.45, 2.75) is 25.0 Å². The van der Waals surface area contributed by atoms with E-state index in [2.05, 4.69) is 25.2 Å². The lowest BCUT2D eigenvalue weighted by atomic mass is 9.75. The number of hydrogen-bond acceptors (Lipinski definition) is 7. The van der Waals surface area contributed by atoms with Crippen molar-refractivity contribution < 1.29 is 9.47 Å². The van der Waals surface area contributed by atoms with Gasteiger partial charge in [0.2, 0.25) is 0 Å². The number of nitrogens with one attached hydrogen (secondary N) is 1. The molecule has 4 aliphatic rings. The summed E-state index contributed by atoms with van der Waals surface area (Å²) in [5.74, 6) is 1.31. The molecule has 5 rings (SSSR count). The second kappa shape index (κ2) is 5.48. The first-order chi connectivity index (χ1) is 10.8. The highest BCUT2D eigenvalue weighted by Gasteiger charge is 2.51. The summed E-state index contributed by atoms with van der Waals surface area (Å²) in [6, 6.07) is 2.44. The first kappa shape index (κ1) is 13.9. The van der Waals surface area contributed by atoms with Gasteiger partial charge in [0.15, 0.2) is 0 Å². The molecule has 0 amide bonds. The van der Waals surface area contributed by atoms with Crippen LogP contribution in [0.5, 0.6) is 0 Å². The van der Waals surface area contributed by atoms with Crippen molar-refractivity contribution >= 4 is 11.8 Å². The molecular weight excluding hydrogens is 282 g/mol. The van der Waals surface area contributed by atoms with E-state index in [1.807, 2.05) is 6.07 Å². The molecule has 4 aliphatic heterocycles. The Balaban J connectivity index is 1.44. The third-order valence-corrected chi connectivity index (χ3v) is 4.86. The maximum atomic E-state index is 6.23. The van der Waals surface area contributed by atoms with E-state index in [1.165, 1.54) is 32.3 Å². The zero-order chi connectivity index (χ0) is 15.0. The predicted molar refractivity (Wildman–Crippen MR) is 81.6 cm³/mol. The molecule has 1 aromatic rings. The number of hydrogen-bond donors (Lipinski definition) is 1. The fraction of sp³-hybridized carbons (Fsp3) is 0.667. The van der Waals surface area contributed by atoms with Crippen LogP contribution < -0.4 is 5.32 Å². The minimum atomic E-state index is -0.124. The van der Waals surface area contributed by atoms with Gasteiger partial charge >= 0.3 is 0 Å². The van der Waals surface area contributed by atoms with Gasteiger partial charge in [-0.05, 0) is 25.9 Å². The zero-order valence-electron chi connectivity index (χ0n) is 12.8. The van der Waals surface area contributed by atoms with E-state index in [1.54, 1.807) is 7.11 Å². The maximum absolute atomic E-state index is 6.23. The molecule has 1 N–H and O–H groups in total. The van der Waals surface area contributed by atoms with Gasteiger partial charge in [-0.3, -0.25) is 10.2 Å². The SMILES string of the molecule is COCc1cc(NC2=NC[C@]3(CN4CCC3CC4)O2)ncn1. The number of anilines is 1. The number of aliphatic imine (C=N–C) groups is 1. The Morgan fingerprint density at radius 2 is 2.27 bits per heavy atom. The maximum Gasteiger partial charge on any atom is 0.291 e. The van der Waals surface area contributed by atoms with Gasteiger partial charge in [0.1, 0.15) is 17.7 Å². The summed E-state index contributed by atoms with van der Waals surface area (Å²) in [4.78, 5) is 15.4. The lowest BCUT2D eigenvalue weighted by Crippen LogP contribution is -2.61. The molecule has 0 aliphatic carbocycles. The van der Waals surface area contributed by atoms with Crippen molar-refractivity contribution in [3.63, 3.8) is 0 Å². The van der Waals surface area contributed by atoms with Crippen LogP contribution in [0, 0.1) is 5.92 Å². The van der Waals surface area contributed by atoms with Gasteiger partial charge in [0.05, 0.1) is 18.8 Å². The topological polar surface area (TPSA) is 71.9 Å². The van der Waals surface area contributed by atoms with E-state index in [0.29, 0.717) is 24.4 Å². The van der Waals surface area contributed by atoms with Gasteiger partial charge in [-0.2, -0.15) is 0 Å². The van der Waals surface area contributed by atoms with Crippen LogP contribution in [0.25, 0.3) is 0 Å². The van der Waals surface area contributed by atoms with Crippen molar-refractivity contribution in [2.75, 3.05) is 38.6 Å². The summed E-state index contributed by atoms with van der Waals surface area (Å²) in [6.07, 6.45) is 3.96. The highest BCUT2D eigenvalue weighted by atomic mass is 16.5. The smallest absolute Gasteiger partial charge is 0.291 e. The molecule has 0 radical (unpaired) electrons. The van der Waals surface area contributed by atoms with Gasteiger partial charge in [-0.15, -0.1) is 0 Å². The number of fused-ring (bicyclic) bond motifs is 2. The second-order valence-electron chi connectivity index (χ2n) is 6.29. The van der Waals surface area contributed by atoms with Gasteiger partial charge in [-0.1, -0.05) is 0 Å². The van der Waals surface area contributed by atoms with Crippen LogP contribution in [-0.2, 0) is 16.1 Å². The Morgan fingerprint density at radius 1 is 1.41 bits per heavy atom. The minimum absolute atomic E-state index is 0.124. The van der Waals surface area contributed by atoms with Gasteiger partial charge in [0, 0.05) is 25.6 Å². The number of ether oxygens (including phenoxy) is 2. The monoisotopic (exact) mass is 303 g/mol. The Hall–Kier alpha value is -1.73. The average Bonchev–Trinajstić information content (AvgIpc) is 2.91. The molecule has 5 heterocycles. The number of methoxy groups -OCH3 is 1. The summed E-state index contributed by atoms with van der Waals surface area (Å²) in [5.41, 5.74) is 0.706. The molecule has 0 aromatic carbocycles. The molecule has 3 saturated heterocycles. The van der Waals surface area contributed by atoms with E-state index in [0.717, 1.165) is 18.8 Å². The standard InChI is InChI=1S/C15H21N5O2/c1-21-7-12-6-13(18-10-17-12)19-14-16-8-15(22-14)9-20-4-2-11(15)3-5-20/h6,10-11H,2-5,7-9H2,1H3,(H,16,17,18,19)/t15-/m1/s1. The van der Waals surface area contributed by atoms with Gasteiger partial charge in [-0.25, -0.2) is 15.0 Å². The summed E-state index contributed by atoms with van der Waals surface area (Å²) in [5, 5.41) is 3.17. The lowest BCUT2D eigenvalue weighted by molar-refractivity contribution is -0.0829. The minimum Gasteiger partial charge on any atom is -0.455 e. The molecule has 22 heavy (non-hydrogen) atoms. The van der Waals surface area contributed by atoms with Gasteiger partial charge < -0.3 is 9.47 Å². The number of amidine groups is 1. The van der Waals surface area contributed by atoms with Crippen molar-refractivity contribution in [3.05, 3.63) is 18.1 Å². The Kier molecular flexibility index (Phi) is 3.46. The summed E-state index contributed by atoms with van der Waals surface area (Å²) >= 11 is 0. The molecule has 0 unspecified atom stereocenters. The fourth-order valence-corrected chi connectivity index (χ4v) is 3.75. The van der Waals surface area contributed by atoms with Crippen LogP contribution in [0.4, 0.5) is 5.82 Å². The normalized spacial score (nSPS) is 32.9. The molecule has 1 aromatic heterocycles. The van der Waals surface area contributed by atoms with E-state index < -0.39 is 0 Å². The Bertz CT molecular complexity index is 585. The molecule has 118 valence electrons. The number of piperidine rings is 3. The number of rotatable bonds is 3. The molecule has 1 atom stereocenters. The van der Waals surface area contributed by atoms with Crippen LogP contribution in [0.3, 0.4) is 0 Å². The zero-order valence-corrected chi connectivity index (χ0v) is 12.8. The predicted octanol–water partition coefficient (Wildman–Crippen LogP) is 0.885. The van der Waals surface area contributed by atoms with E-state index >= 15 is 0 Å². The van der Waals surface area contributed by atoms with Crippen LogP contribution in [0.15, 0.2) is 17.4 Å². The molecule has 0 saturated carbocycles. The van der Waals surface area contributed by atoms with Crippen molar-refractivity contribution in [1.82, 2.24) is 14.9 Å². The molecule has 2 bridgehead atoms. The largest absolute Gasteiger partial charge is 0.455 e. The quantitative estimate of drug-likeness (QED) is 0.894. The molecule has 3 fully saturated rings. The number of aromatic nitrogens is 2. The van der Waals surface area contributed by atoms with Crippen molar-refractivity contribution in [3.8, 4) is 0 Å². The third kappa shape index (κ3) is 2.44. The number of nitrogens with zero attached hydrogens (tertiary/aromatic N) is 4. The molecule has 1 spiro atoms. The molecule has 7 heteroatoms. The second-order valence-corrected chi connectivity index (χ2v) is 6.29. The van der Waals surface area contributed by atoms with Crippen LogP contribution in [0.2, 0.25) is 0 Å². The Morgan fingerprint density at radius 3 is 3.00 bits per heavy atom. The van der Waals surface area contributed by atoms with Crippen LogP contribution in [-0.4, -0.2) is 59.8 Å². The van der Waals surface area contributed by atoms with Gasteiger partial charge in [0.25, 0.3) is 6.02 Å². The highest BCUT2D eigenvalue weighted by Crippen LogP contribution is 2.40. The third-order valence-electron chi connectivity index (χ3n) is 4.86. The van der Waals surface area contributed by atoms with Crippen LogP contribution >= 0.6 is 0 Å². The molecular formula is C15H21N5O2. The van der Waals surface area contributed by atoms with Crippen molar-refractivity contribution in [1.29, 1.82) is 0 Å². The Labute approximate surface area is 129 Å². The van der Waals surface area contributed by atoms with E-state index in [9.17, 15) is 0 Å². The van der Waals surface area contributed by atoms with E-state index in [4.69, 9.17) is 9.47 Å². The summed E-state index contributed by atoms with van der Waals surface area (Å²) in [6.45, 7) is 4.60. The molecule has 7 nitrogen and oxygen atoms in total. The van der Waals surface area contributed by atoms with Crippen LogP contribution in [0.1, 0.15) is 18.5 Å². The average molecular weight is 303 g/mol. The summed E-state index contributed by atoms with van der Waals surface area (Å²) in [7, 11) is 1.65. The highest BCUT2D eigenvalue weighted by molar-refractivity contribution is 5.89. The van der Waals surface area contributed by atoms with E-state index in [-0.39, 0.29) is 5.60 Å². The summed E-state index contributed by atoms with van der Waals surface area (Å²) < 4.78 is 11.3.